The van der Waals surface area contributed by atoms with Gasteiger partial charge in [0.25, 0.3) is 0 Å². The van der Waals surface area contributed by atoms with Gasteiger partial charge in [-0.2, -0.15) is 0 Å². The average molecular weight is 155 g/mol. The van der Waals surface area contributed by atoms with Crippen LogP contribution in [0.15, 0.2) is 25.0 Å². The van der Waals surface area contributed by atoms with Crippen molar-refractivity contribution >= 4 is 11.9 Å². The van der Waals surface area contributed by atoms with Gasteiger partial charge in [-0.05, 0) is 0 Å². The molecule has 0 aliphatic heterocycles. The SMILES string of the molecule is C=COC(=O)C(=C)CC(=O)[O-]. The van der Waals surface area contributed by atoms with Crippen molar-refractivity contribution in [3.05, 3.63) is 25.0 Å². The van der Waals surface area contributed by atoms with Crippen LogP contribution in [-0.2, 0) is 14.3 Å². The third-order valence-corrected chi connectivity index (χ3v) is 0.837. The molecule has 0 aromatic carbocycles. The summed E-state index contributed by atoms with van der Waals surface area (Å²) in [5.41, 5.74) is -0.162. The lowest BCUT2D eigenvalue weighted by molar-refractivity contribution is -0.304. The van der Waals surface area contributed by atoms with Gasteiger partial charge in [-0.25, -0.2) is 4.79 Å². The highest BCUT2D eigenvalue weighted by molar-refractivity contribution is 5.92. The third kappa shape index (κ3) is 3.91. The molecule has 0 aliphatic carbocycles. The van der Waals surface area contributed by atoms with E-state index >= 15 is 0 Å². The zero-order valence-corrected chi connectivity index (χ0v) is 5.83. The Balaban J connectivity index is 3.93. The molecular weight excluding hydrogens is 148 g/mol. The fourth-order valence-electron chi connectivity index (χ4n) is 0.405. The van der Waals surface area contributed by atoms with Gasteiger partial charge in [0.2, 0.25) is 0 Å². The van der Waals surface area contributed by atoms with Gasteiger partial charge in [0.15, 0.2) is 0 Å². The molecule has 0 aliphatic rings. The van der Waals surface area contributed by atoms with Gasteiger partial charge >= 0.3 is 5.97 Å². The number of carbonyl (C=O) groups is 2. The van der Waals surface area contributed by atoms with Crippen molar-refractivity contribution in [1.82, 2.24) is 0 Å². The van der Waals surface area contributed by atoms with E-state index in [2.05, 4.69) is 17.9 Å². The Morgan fingerprint density at radius 3 is 2.45 bits per heavy atom. The number of rotatable bonds is 4. The fourth-order valence-corrected chi connectivity index (χ4v) is 0.405. The van der Waals surface area contributed by atoms with Crippen molar-refractivity contribution in [2.45, 2.75) is 6.42 Å². The first-order valence-corrected chi connectivity index (χ1v) is 2.77. The molecule has 0 spiro atoms. The molecule has 0 bridgehead atoms. The zero-order valence-electron chi connectivity index (χ0n) is 5.83. The van der Waals surface area contributed by atoms with Crippen molar-refractivity contribution in [3.63, 3.8) is 0 Å². The number of aliphatic carboxylic acids is 1. The van der Waals surface area contributed by atoms with Crippen molar-refractivity contribution < 1.29 is 19.4 Å². The lowest BCUT2D eigenvalue weighted by Crippen LogP contribution is -2.24. The van der Waals surface area contributed by atoms with Gasteiger partial charge in [-0.15, -0.1) is 0 Å². The van der Waals surface area contributed by atoms with Gasteiger partial charge in [-0.1, -0.05) is 13.2 Å². The second-order valence-electron chi connectivity index (χ2n) is 1.72. The monoisotopic (exact) mass is 155 g/mol. The van der Waals surface area contributed by atoms with E-state index in [1.165, 1.54) is 0 Å². The smallest absolute Gasteiger partial charge is 0.338 e. The minimum atomic E-state index is -1.36. The van der Waals surface area contributed by atoms with E-state index in [1.54, 1.807) is 0 Å². The summed E-state index contributed by atoms with van der Waals surface area (Å²) in [6.45, 7) is 6.29. The molecule has 0 aromatic heterocycles. The molecule has 0 N–H and O–H groups in total. The van der Waals surface area contributed by atoms with E-state index in [0.29, 0.717) is 0 Å². The lowest BCUT2D eigenvalue weighted by atomic mass is 10.2. The maximum atomic E-state index is 10.6. The quantitative estimate of drug-likeness (QED) is 0.308. The molecule has 0 aromatic rings. The largest absolute Gasteiger partial charge is 0.550 e. The Bertz CT molecular complexity index is 204. The van der Waals surface area contributed by atoms with Crippen molar-refractivity contribution in [2.75, 3.05) is 0 Å². The summed E-state index contributed by atoms with van der Waals surface area (Å²) in [7, 11) is 0. The zero-order chi connectivity index (χ0) is 8.85. The van der Waals surface area contributed by atoms with Crippen LogP contribution in [0.4, 0.5) is 0 Å². The summed E-state index contributed by atoms with van der Waals surface area (Å²) in [5, 5.41) is 9.91. The van der Waals surface area contributed by atoms with E-state index < -0.39 is 18.4 Å². The van der Waals surface area contributed by atoms with Crippen LogP contribution in [-0.4, -0.2) is 11.9 Å². The van der Waals surface area contributed by atoms with Crippen LogP contribution >= 0.6 is 0 Å². The van der Waals surface area contributed by atoms with E-state index in [9.17, 15) is 14.7 Å². The molecule has 0 atom stereocenters. The van der Waals surface area contributed by atoms with Crippen LogP contribution in [0.3, 0.4) is 0 Å². The molecule has 0 radical (unpaired) electrons. The Labute approximate surface area is 63.8 Å². The van der Waals surface area contributed by atoms with E-state index in [4.69, 9.17) is 0 Å². The summed E-state index contributed by atoms with van der Waals surface area (Å²) in [5.74, 6) is -2.17. The van der Waals surface area contributed by atoms with Crippen LogP contribution in [0.2, 0.25) is 0 Å². The molecule has 0 amide bonds. The number of ether oxygens (including phenoxy) is 1. The normalized spacial score (nSPS) is 8.36. The molecule has 60 valence electrons. The predicted molar refractivity (Wildman–Crippen MR) is 35.1 cm³/mol. The summed E-state index contributed by atoms with van der Waals surface area (Å²) in [6.07, 6.45) is 0.384. The summed E-state index contributed by atoms with van der Waals surface area (Å²) in [6, 6.07) is 0. The van der Waals surface area contributed by atoms with Crippen LogP contribution in [0.5, 0.6) is 0 Å². The Morgan fingerprint density at radius 1 is 1.55 bits per heavy atom. The fraction of sp³-hybridized carbons (Fsp3) is 0.143. The molecule has 0 saturated carbocycles. The van der Waals surface area contributed by atoms with E-state index in [-0.39, 0.29) is 5.57 Å². The first-order chi connectivity index (χ1) is 5.07. The van der Waals surface area contributed by atoms with Crippen LogP contribution in [0.1, 0.15) is 6.42 Å². The Morgan fingerprint density at radius 2 is 2.09 bits per heavy atom. The summed E-state index contributed by atoms with van der Waals surface area (Å²) >= 11 is 0. The molecule has 4 heteroatoms. The van der Waals surface area contributed by atoms with Gasteiger partial charge in [-0.3, -0.25) is 0 Å². The third-order valence-electron chi connectivity index (χ3n) is 0.837. The maximum Gasteiger partial charge on any atom is 0.338 e. The van der Waals surface area contributed by atoms with Crippen molar-refractivity contribution in [1.29, 1.82) is 0 Å². The highest BCUT2D eigenvalue weighted by Crippen LogP contribution is 1.99. The molecule has 0 saturated heterocycles. The number of hydrogen-bond donors (Lipinski definition) is 0. The number of hydrogen-bond acceptors (Lipinski definition) is 4. The molecule has 0 unspecified atom stereocenters. The number of carboxylic acids is 1. The van der Waals surface area contributed by atoms with Gasteiger partial charge < -0.3 is 14.6 Å². The van der Waals surface area contributed by atoms with E-state index in [0.717, 1.165) is 6.26 Å². The molecule has 11 heavy (non-hydrogen) atoms. The summed E-state index contributed by atoms with van der Waals surface area (Å²) < 4.78 is 4.24. The molecular formula is C7H7O4-. The van der Waals surface area contributed by atoms with Gasteiger partial charge in [0.1, 0.15) is 0 Å². The first kappa shape index (κ1) is 9.42. The van der Waals surface area contributed by atoms with E-state index in [1.807, 2.05) is 0 Å². The molecule has 0 fully saturated rings. The minimum Gasteiger partial charge on any atom is -0.550 e. The Hall–Kier alpha value is -1.58. The van der Waals surface area contributed by atoms with Crippen molar-refractivity contribution in [2.24, 2.45) is 0 Å². The molecule has 0 heterocycles. The highest BCUT2D eigenvalue weighted by Gasteiger charge is 2.06. The second kappa shape index (κ2) is 4.27. The van der Waals surface area contributed by atoms with Gasteiger partial charge in [0.05, 0.1) is 6.26 Å². The Kier molecular flexibility index (Phi) is 3.66. The predicted octanol–water partition coefficient (Wildman–Crippen LogP) is -0.631. The summed E-state index contributed by atoms with van der Waals surface area (Å²) in [4.78, 5) is 20.5. The average Bonchev–Trinajstić information content (AvgIpc) is 1.86. The van der Waals surface area contributed by atoms with Crippen LogP contribution < -0.4 is 5.11 Å². The van der Waals surface area contributed by atoms with Crippen LogP contribution in [0.25, 0.3) is 0 Å². The number of esters is 1. The maximum absolute atomic E-state index is 10.6. The standard InChI is InChI=1S/C7H8O4/c1-3-11-7(10)5(2)4-6(8)9/h3H,1-2,4H2,(H,8,9)/p-1. The molecule has 4 nitrogen and oxygen atoms in total. The lowest BCUT2D eigenvalue weighted by Gasteiger charge is -2.02. The van der Waals surface area contributed by atoms with Crippen LogP contribution in [0, 0.1) is 0 Å². The number of carboxylic acid groups (broad SMARTS) is 1. The topological polar surface area (TPSA) is 66.4 Å². The second-order valence-corrected chi connectivity index (χ2v) is 1.72. The van der Waals surface area contributed by atoms with Gasteiger partial charge in [0, 0.05) is 18.0 Å². The molecule has 0 rings (SSSR count). The highest BCUT2D eigenvalue weighted by atomic mass is 16.5. The number of carbonyl (C=O) groups excluding carboxylic acids is 2. The minimum absolute atomic E-state index is 0.162. The first-order valence-electron chi connectivity index (χ1n) is 2.77. The van der Waals surface area contributed by atoms with Crippen molar-refractivity contribution in [3.8, 4) is 0 Å².